The van der Waals surface area contributed by atoms with Gasteiger partial charge in [0.25, 0.3) is 10.0 Å². The van der Waals surface area contributed by atoms with E-state index in [1.165, 1.54) is 49.6 Å². The number of ether oxygens (including phenoxy) is 1. The Morgan fingerprint density at radius 1 is 0.969 bits per heavy atom. The lowest BCUT2D eigenvalue weighted by molar-refractivity contribution is -0.114. The molecule has 9 heteroatoms. The van der Waals surface area contributed by atoms with Gasteiger partial charge in [0.15, 0.2) is 0 Å². The molecule has 3 aromatic rings. The number of rotatable bonds is 7. The highest BCUT2D eigenvalue weighted by Gasteiger charge is 2.28. The molecule has 32 heavy (non-hydrogen) atoms. The number of nitrogens with one attached hydrogen (secondary N) is 1. The van der Waals surface area contributed by atoms with Crippen molar-refractivity contribution in [2.24, 2.45) is 0 Å². The molecule has 0 spiro atoms. The first kappa shape index (κ1) is 23.3. The fourth-order valence-electron chi connectivity index (χ4n) is 2.93. The Hall–Kier alpha value is -3.36. The van der Waals surface area contributed by atoms with Crippen LogP contribution >= 0.6 is 11.6 Å². The van der Waals surface area contributed by atoms with Crippen molar-refractivity contribution in [1.29, 1.82) is 0 Å². The van der Waals surface area contributed by atoms with Crippen molar-refractivity contribution in [1.82, 2.24) is 0 Å². The molecule has 1 amide bonds. The number of halogens is 1. The number of methoxy groups -OCH3 is 1. The van der Waals surface area contributed by atoms with Gasteiger partial charge in [-0.15, -0.1) is 0 Å². The summed E-state index contributed by atoms with van der Waals surface area (Å²) in [5.41, 5.74) is 1.81. The summed E-state index contributed by atoms with van der Waals surface area (Å²) in [7, 11) is -2.80. The third-order valence-corrected chi connectivity index (χ3v) is 6.70. The van der Waals surface area contributed by atoms with Gasteiger partial charge in [-0.25, -0.2) is 13.2 Å². The van der Waals surface area contributed by atoms with E-state index in [2.05, 4.69) is 10.1 Å². The number of para-hydroxylation sites is 1. The SMILES string of the molecule is COC(=O)c1ccc(NC(=O)CN(c2ccccc2Cl)S(=O)(=O)c2ccc(C)cc2)cc1. The Morgan fingerprint density at radius 2 is 1.59 bits per heavy atom. The summed E-state index contributed by atoms with van der Waals surface area (Å²) in [4.78, 5) is 24.4. The summed E-state index contributed by atoms with van der Waals surface area (Å²) in [6.45, 7) is 1.35. The van der Waals surface area contributed by atoms with Gasteiger partial charge in [-0.05, 0) is 55.5 Å². The van der Waals surface area contributed by atoms with Crippen molar-refractivity contribution in [3.63, 3.8) is 0 Å². The predicted octanol–water partition coefficient (Wildman–Crippen LogP) is 4.27. The van der Waals surface area contributed by atoms with Crippen molar-refractivity contribution in [2.45, 2.75) is 11.8 Å². The molecule has 3 rings (SSSR count). The van der Waals surface area contributed by atoms with Crippen LogP contribution in [0.1, 0.15) is 15.9 Å². The lowest BCUT2D eigenvalue weighted by atomic mass is 10.2. The van der Waals surface area contributed by atoms with Crippen LogP contribution in [0.5, 0.6) is 0 Å². The number of sulfonamides is 1. The smallest absolute Gasteiger partial charge is 0.337 e. The minimum absolute atomic E-state index is 0.0400. The molecule has 1 N–H and O–H groups in total. The normalized spacial score (nSPS) is 11.0. The minimum atomic E-state index is -4.08. The number of carbonyl (C=O) groups excluding carboxylic acids is 2. The van der Waals surface area contributed by atoms with Crippen LogP contribution in [0.4, 0.5) is 11.4 Å². The average Bonchev–Trinajstić information content (AvgIpc) is 2.78. The molecular formula is C23H21ClN2O5S. The lowest BCUT2D eigenvalue weighted by Gasteiger charge is -2.25. The molecule has 3 aromatic carbocycles. The minimum Gasteiger partial charge on any atom is -0.465 e. The number of amides is 1. The zero-order valence-corrected chi connectivity index (χ0v) is 19.0. The van der Waals surface area contributed by atoms with E-state index in [1.807, 2.05) is 6.92 Å². The Kier molecular flexibility index (Phi) is 7.17. The number of carbonyl (C=O) groups is 2. The maximum atomic E-state index is 13.4. The highest BCUT2D eigenvalue weighted by molar-refractivity contribution is 7.92. The molecule has 0 bridgehead atoms. The number of esters is 1. The monoisotopic (exact) mass is 472 g/mol. The first-order valence-corrected chi connectivity index (χ1v) is 11.4. The van der Waals surface area contributed by atoms with Crippen molar-refractivity contribution in [3.05, 3.63) is 88.9 Å². The summed E-state index contributed by atoms with van der Waals surface area (Å²) in [6.07, 6.45) is 0. The molecule has 0 atom stereocenters. The van der Waals surface area contributed by atoms with Crippen LogP contribution < -0.4 is 9.62 Å². The van der Waals surface area contributed by atoms with Crippen molar-refractivity contribution in [2.75, 3.05) is 23.3 Å². The van der Waals surface area contributed by atoms with Crippen LogP contribution in [0, 0.1) is 6.92 Å². The third kappa shape index (κ3) is 5.27. The molecular weight excluding hydrogens is 452 g/mol. The van der Waals surface area contributed by atoms with E-state index < -0.39 is 28.4 Å². The third-order valence-electron chi connectivity index (χ3n) is 4.61. The second-order valence-electron chi connectivity index (χ2n) is 6.89. The van der Waals surface area contributed by atoms with E-state index in [9.17, 15) is 18.0 Å². The highest BCUT2D eigenvalue weighted by Crippen LogP contribution is 2.30. The van der Waals surface area contributed by atoms with E-state index >= 15 is 0 Å². The van der Waals surface area contributed by atoms with E-state index in [0.717, 1.165) is 9.87 Å². The van der Waals surface area contributed by atoms with Crippen molar-refractivity contribution < 1.29 is 22.7 Å². The second kappa shape index (κ2) is 9.84. The molecule has 0 unspecified atom stereocenters. The van der Waals surface area contributed by atoms with Gasteiger partial charge in [-0.3, -0.25) is 9.10 Å². The first-order chi connectivity index (χ1) is 15.2. The number of nitrogens with zero attached hydrogens (tertiary/aromatic N) is 1. The number of anilines is 2. The van der Waals surface area contributed by atoms with Gasteiger partial charge in [0, 0.05) is 5.69 Å². The van der Waals surface area contributed by atoms with Crippen molar-refractivity contribution in [3.8, 4) is 0 Å². The second-order valence-corrected chi connectivity index (χ2v) is 9.16. The average molecular weight is 473 g/mol. The van der Waals surface area contributed by atoms with Crippen LogP contribution in [0.3, 0.4) is 0 Å². The van der Waals surface area contributed by atoms with Gasteiger partial charge in [-0.1, -0.05) is 41.4 Å². The van der Waals surface area contributed by atoms with Gasteiger partial charge in [0.05, 0.1) is 28.3 Å². The maximum Gasteiger partial charge on any atom is 0.337 e. The highest BCUT2D eigenvalue weighted by atomic mass is 35.5. The Labute approximate surface area is 191 Å². The van der Waals surface area contributed by atoms with Crippen LogP contribution in [0.15, 0.2) is 77.7 Å². The standard InChI is InChI=1S/C23H21ClN2O5S/c1-16-7-13-19(14-8-16)32(29,30)26(21-6-4-3-5-20(21)24)15-22(27)25-18-11-9-17(10-12-18)23(28)31-2/h3-14H,15H2,1-2H3,(H,25,27). The largest absolute Gasteiger partial charge is 0.465 e. The maximum absolute atomic E-state index is 13.4. The van der Waals surface area contributed by atoms with Gasteiger partial charge in [0.2, 0.25) is 5.91 Å². The first-order valence-electron chi connectivity index (χ1n) is 9.54. The molecule has 0 saturated carbocycles. The molecule has 0 aliphatic rings. The van der Waals surface area contributed by atoms with Crippen LogP contribution in [0.2, 0.25) is 5.02 Å². The number of aryl methyl sites for hydroxylation is 1. The number of benzene rings is 3. The van der Waals surface area contributed by atoms with Crippen LogP contribution in [0.25, 0.3) is 0 Å². The van der Waals surface area contributed by atoms with E-state index in [-0.39, 0.29) is 15.6 Å². The molecule has 7 nitrogen and oxygen atoms in total. The lowest BCUT2D eigenvalue weighted by Crippen LogP contribution is -2.38. The van der Waals surface area contributed by atoms with Crippen molar-refractivity contribution >= 4 is 44.9 Å². The molecule has 0 saturated heterocycles. The number of hydrogen-bond donors (Lipinski definition) is 1. The van der Waals surface area contributed by atoms with Gasteiger partial charge < -0.3 is 10.1 Å². The Morgan fingerprint density at radius 3 is 2.19 bits per heavy atom. The summed E-state index contributed by atoms with van der Waals surface area (Å²) >= 11 is 6.26. The van der Waals surface area contributed by atoms with Gasteiger partial charge in [0.1, 0.15) is 6.54 Å². The predicted molar refractivity (Wildman–Crippen MR) is 124 cm³/mol. The molecule has 0 aliphatic heterocycles. The zero-order chi connectivity index (χ0) is 23.3. The Bertz CT molecular complexity index is 1230. The van der Waals surface area contributed by atoms with Gasteiger partial charge >= 0.3 is 5.97 Å². The van der Waals surface area contributed by atoms with Crippen LogP contribution in [-0.2, 0) is 19.6 Å². The Balaban J connectivity index is 1.89. The fraction of sp³-hybridized carbons (Fsp3) is 0.130. The summed E-state index contributed by atoms with van der Waals surface area (Å²) in [6, 6.07) is 18.8. The van der Waals surface area contributed by atoms with E-state index in [4.69, 9.17) is 11.6 Å². The molecule has 0 heterocycles. The summed E-state index contributed by atoms with van der Waals surface area (Å²) < 4.78 is 32.4. The zero-order valence-electron chi connectivity index (χ0n) is 17.4. The molecule has 0 aromatic heterocycles. The summed E-state index contributed by atoms with van der Waals surface area (Å²) in [5.74, 6) is -1.08. The quantitative estimate of drug-likeness (QED) is 0.518. The molecule has 0 fully saturated rings. The van der Waals surface area contributed by atoms with Gasteiger partial charge in [-0.2, -0.15) is 0 Å². The molecule has 166 valence electrons. The number of hydrogen-bond acceptors (Lipinski definition) is 5. The van der Waals surface area contributed by atoms with E-state index in [0.29, 0.717) is 11.3 Å². The molecule has 0 aliphatic carbocycles. The topological polar surface area (TPSA) is 92.8 Å². The van der Waals surface area contributed by atoms with E-state index in [1.54, 1.807) is 30.3 Å². The fourth-order valence-corrected chi connectivity index (χ4v) is 4.66. The van der Waals surface area contributed by atoms with Crippen LogP contribution in [-0.4, -0.2) is 33.9 Å². The summed E-state index contributed by atoms with van der Waals surface area (Å²) in [5, 5.41) is 2.83. The molecule has 0 radical (unpaired) electrons.